The van der Waals surface area contributed by atoms with Crippen molar-refractivity contribution < 1.29 is 4.79 Å². The number of aromatic nitrogens is 2. The van der Waals surface area contributed by atoms with E-state index in [0.29, 0.717) is 5.56 Å². The molecule has 0 saturated carbocycles. The van der Waals surface area contributed by atoms with Crippen LogP contribution in [-0.2, 0) is 0 Å². The normalized spacial score (nSPS) is 10.2. The average molecular weight is 283 g/mol. The Morgan fingerprint density at radius 3 is 2.52 bits per heavy atom. The molecule has 0 aliphatic carbocycles. The van der Waals surface area contributed by atoms with E-state index in [0.717, 1.165) is 11.4 Å². The molecular weight excluding hydrogens is 266 g/mol. The molecule has 0 radical (unpaired) electrons. The van der Waals surface area contributed by atoms with Gasteiger partial charge in [0.25, 0.3) is 0 Å². The molecule has 1 aromatic heterocycles. The lowest BCUT2D eigenvalue weighted by Gasteiger charge is -2.10. The average Bonchev–Trinajstić information content (AvgIpc) is 2.86. The fraction of sp³-hybridized carbons (Fsp3) is 0.267. The summed E-state index contributed by atoms with van der Waals surface area (Å²) in [6.45, 7) is 3.97. The van der Waals surface area contributed by atoms with Gasteiger partial charge in [-0.05, 0) is 18.1 Å². The highest BCUT2D eigenvalue weighted by atomic mass is 16.2. The van der Waals surface area contributed by atoms with Crippen LogP contribution < -0.4 is 10.6 Å². The maximum Gasteiger partial charge on any atom is 0.320 e. The van der Waals surface area contributed by atoms with Crippen molar-refractivity contribution >= 4 is 11.8 Å². The summed E-state index contributed by atoms with van der Waals surface area (Å²) in [5.74, 6) is 0.358. The van der Waals surface area contributed by atoms with Crippen molar-refractivity contribution in [3.63, 3.8) is 0 Å². The molecule has 6 heteroatoms. The van der Waals surface area contributed by atoms with E-state index >= 15 is 0 Å². The van der Waals surface area contributed by atoms with E-state index in [9.17, 15) is 10.1 Å². The van der Waals surface area contributed by atoms with Gasteiger partial charge in [0.2, 0.25) is 0 Å². The molecule has 0 bridgehead atoms. The van der Waals surface area contributed by atoms with Gasteiger partial charge >= 0.3 is 6.03 Å². The summed E-state index contributed by atoms with van der Waals surface area (Å²) >= 11 is 0. The van der Waals surface area contributed by atoms with Crippen molar-refractivity contribution in [2.75, 3.05) is 12.4 Å². The molecule has 21 heavy (non-hydrogen) atoms. The van der Waals surface area contributed by atoms with Crippen molar-refractivity contribution in [1.29, 1.82) is 5.26 Å². The smallest absolute Gasteiger partial charge is 0.320 e. The lowest BCUT2D eigenvalue weighted by molar-refractivity contribution is 0.254. The van der Waals surface area contributed by atoms with Crippen LogP contribution in [0.2, 0.25) is 0 Å². The van der Waals surface area contributed by atoms with E-state index in [-0.39, 0.29) is 11.7 Å². The Morgan fingerprint density at radius 2 is 2.00 bits per heavy atom. The van der Waals surface area contributed by atoms with E-state index in [2.05, 4.69) is 21.8 Å². The van der Waals surface area contributed by atoms with Crippen LogP contribution in [0.5, 0.6) is 0 Å². The quantitative estimate of drug-likeness (QED) is 0.908. The molecule has 2 N–H and O–H groups in total. The SMILES string of the molecule is CNC(=O)Nc1nn(-c2ccccc2)c(C(C)C)c1C#N. The first-order valence-electron chi connectivity index (χ1n) is 6.65. The minimum absolute atomic E-state index is 0.0904. The number of rotatable bonds is 3. The van der Waals surface area contributed by atoms with Gasteiger partial charge in [-0.1, -0.05) is 32.0 Å². The molecule has 6 nitrogen and oxygen atoms in total. The zero-order chi connectivity index (χ0) is 15.4. The molecule has 1 aromatic carbocycles. The minimum Gasteiger partial charge on any atom is -0.341 e. The molecule has 0 aliphatic rings. The molecule has 2 rings (SSSR count). The second-order valence-electron chi connectivity index (χ2n) is 4.83. The Labute approximate surface area is 123 Å². The Hall–Kier alpha value is -2.81. The zero-order valence-electron chi connectivity index (χ0n) is 12.2. The van der Waals surface area contributed by atoms with Gasteiger partial charge in [0, 0.05) is 7.05 Å². The molecule has 1 heterocycles. The first kappa shape index (κ1) is 14.6. The van der Waals surface area contributed by atoms with Gasteiger partial charge in [-0.3, -0.25) is 5.32 Å². The number of benzene rings is 1. The zero-order valence-corrected chi connectivity index (χ0v) is 12.2. The molecule has 0 unspecified atom stereocenters. The minimum atomic E-state index is -0.403. The van der Waals surface area contributed by atoms with Crippen molar-refractivity contribution in [2.45, 2.75) is 19.8 Å². The van der Waals surface area contributed by atoms with E-state index in [1.54, 1.807) is 4.68 Å². The largest absolute Gasteiger partial charge is 0.341 e. The van der Waals surface area contributed by atoms with Crippen LogP contribution in [0.25, 0.3) is 5.69 Å². The van der Waals surface area contributed by atoms with E-state index in [4.69, 9.17) is 0 Å². The molecule has 0 saturated heterocycles. The standard InChI is InChI=1S/C15H17N5O/c1-10(2)13-12(9-16)14(18-15(21)17-3)19-20(13)11-7-5-4-6-8-11/h4-8,10H,1-3H3,(H2,17,18,19,21). The molecule has 0 atom stereocenters. The first-order valence-corrected chi connectivity index (χ1v) is 6.65. The summed E-state index contributed by atoms with van der Waals surface area (Å²) in [6, 6.07) is 11.3. The van der Waals surface area contributed by atoms with Gasteiger partial charge in [0.15, 0.2) is 5.82 Å². The monoisotopic (exact) mass is 283 g/mol. The Balaban J connectivity index is 2.60. The summed E-state index contributed by atoms with van der Waals surface area (Å²) < 4.78 is 1.70. The summed E-state index contributed by atoms with van der Waals surface area (Å²) in [5.41, 5.74) is 2.01. The van der Waals surface area contributed by atoms with Crippen molar-refractivity contribution in [1.82, 2.24) is 15.1 Å². The fourth-order valence-corrected chi connectivity index (χ4v) is 2.10. The number of carbonyl (C=O) groups excluding carboxylic acids is 1. The summed E-state index contributed by atoms with van der Waals surface area (Å²) in [6.07, 6.45) is 0. The number of nitrogens with zero attached hydrogens (tertiary/aromatic N) is 3. The van der Waals surface area contributed by atoms with E-state index in [1.165, 1.54) is 7.05 Å². The van der Waals surface area contributed by atoms with Crippen molar-refractivity contribution in [3.8, 4) is 11.8 Å². The second kappa shape index (κ2) is 6.09. The molecule has 0 aliphatic heterocycles. The number of anilines is 1. The summed E-state index contributed by atoms with van der Waals surface area (Å²) in [4.78, 5) is 11.5. The molecular formula is C15H17N5O. The van der Waals surface area contributed by atoms with Gasteiger partial charge in [-0.2, -0.15) is 5.26 Å². The number of nitrogens with one attached hydrogen (secondary N) is 2. The number of hydrogen-bond donors (Lipinski definition) is 2. The number of para-hydroxylation sites is 1. The molecule has 2 aromatic rings. The Morgan fingerprint density at radius 1 is 1.33 bits per heavy atom. The molecule has 108 valence electrons. The van der Waals surface area contributed by atoms with Crippen LogP contribution in [0.15, 0.2) is 30.3 Å². The lowest BCUT2D eigenvalue weighted by Crippen LogP contribution is -2.25. The number of amides is 2. The van der Waals surface area contributed by atoms with E-state index in [1.807, 2.05) is 44.2 Å². The van der Waals surface area contributed by atoms with Crippen molar-refractivity contribution in [3.05, 3.63) is 41.6 Å². The molecule has 2 amide bonds. The third-order valence-electron chi connectivity index (χ3n) is 3.04. The summed E-state index contributed by atoms with van der Waals surface area (Å²) in [5, 5.41) is 18.8. The van der Waals surface area contributed by atoms with Crippen LogP contribution in [0.3, 0.4) is 0 Å². The van der Waals surface area contributed by atoms with Gasteiger partial charge in [0.05, 0.1) is 11.4 Å². The third-order valence-corrected chi connectivity index (χ3v) is 3.04. The van der Waals surface area contributed by atoms with Gasteiger partial charge in [-0.25, -0.2) is 9.48 Å². The van der Waals surface area contributed by atoms with Gasteiger partial charge in [-0.15, -0.1) is 5.10 Å². The molecule has 0 spiro atoms. The highest BCUT2D eigenvalue weighted by Gasteiger charge is 2.22. The van der Waals surface area contributed by atoms with Crippen LogP contribution in [0.1, 0.15) is 31.0 Å². The maximum absolute atomic E-state index is 11.5. The summed E-state index contributed by atoms with van der Waals surface area (Å²) in [7, 11) is 1.51. The Bertz CT molecular complexity index is 682. The van der Waals surface area contributed by atoms with E-state index < -0.39 is 6.03 Å². The maximum atomic E-state index is 11.5. The van der Waals surface area contributed by atoms with Crippen molar-refractivity contribution in [2.24, 2.45) is 0 Å². The Kier molecular flexibility index (Phi) is 4.24. The van der Waals surface area contributed by atoms with Crippen LogP contribution in [0, 0.1) is 11.3 Å². The van der Waals surface area contributed by atoms with Gasteiger partial charge < -0.3 is 5.32 Å². The predicted octanol–water partition coefficient (Wildman–Crippen LogP) is 2.62. The number of urea groups is 1. The lowest BCUT2D eigenvalue weighted by atomic mass is 10.1. The number of nitriles is 1. The van der Waals surface area contributed by atoms with Gasteiger partial charge in [0.1, 0.15) is 11.6 Å². The number of hydrogen-bond acceptors (Lipinski definition) is 3. The first-order chi connectivity index (χ1) is 10.1. The topological polar surface area (TPSA) is 82.7 Å². The van der Waals surface area contributed by atoms with Crippen LogP contribution in [-0.4, -0.2) is 22.9 Å². The highest BCUT2D eigenvalue weighted by Crippen LogP contribution is 2.28. The second-order valence-corrected chi connectivity index (χ2v) is 4.83. The van der Waals surface area contributed by atoms with Crippen LogP contribution >= 0.6 is 0 Å². The van der Waals surface area contributed by atoms with Crippen LogP contribution in [0.4, 0.5) is 10.6 Å². The number of carbonyl (C=O) groups is 1. The fourth-order valence-electron chi connectivity index (χ4n) is 2.10. The third kappa shape index (κ3) is 2.87. The molecule has 0 fully saturated rings. The predicted molar refractivity (Wildman–Crippen MR) is 80.4 cm³/mol. The highest BCUT2D eigenvalue weighted by molar-refractivity contribution is 5.89.